The Balaban J connectivity index is 1.74. The molecule has 0 aliphatic rings. The topological polar surface area (TPSA) is 78.7 Å². The number of hydrogen-bond donors (Lipinski definition) is 1. The lowest BCUT2D eigenvalue weighted by atomic mass is 10.2. The zero-order chi connectivity index (χ0) is 16.9. The van der Waals surface area contributed by atoms with Crippen molar-refractivity contribution in [2.75, 3.05) is 11.1 Å². The van der Waals surface area contributed by atoms with Crippen molar-refractivity contribution in [3.05, 3.63) is 59.9 Å². The molecule has 0 aliphatic heterocycles. The summed E-state index contributed by atoms with van der Waals surface area (Å²) in [7, 11) is 0. The number of hydrogen-bond acceptors (Lipinski definition) is 5. The number of aryl methyl sites for hydroxylation is 1. The normalized spacial score (nSPS) is 10.3. The third kappa shape index (κ3) is 3.53. The van der Waals surface area contributed by atoms with Gasteiger partial charge in [0.25, 0.3) is 0 Å². The molecular weight excluding hydrogens is 320 g/mol. The predicted octanol–water partition coefficient (Wildman–Crippen LogP) is 3.54. The maximum atomic E-state index is 12.2. The van der Waals surface area contributed by atoms with E-state index in [-0.39, 0.29) is 11.7 Å². The molecule has 0 saturated heterocycles. The molecule has 5 nitrogen and oxygen atoms in total. The number of anilines is 1. The number of carbonyl (C=O) groups is 1. The van der Waals surface area contributed by atoms with Crippen molar-refractivity contribution in [1.82, 2.24) is 9.97 Å². The van der Waals surface area contributed by atoms with Gasteiger partial charge in [0, 0.05) is 5.39 Å². The van der Waals surface area contributed by atoms with E-state index in [0.29, 0.717) is 17.1 Å². The summed E-state index contributed by atoms with van der Waals surface area (Å²) in [6.07, 6.45) is 0. The first-order chi connectivity index (χ1) is 11.7. The fraction of sp³-hybridized carbons (Fsp3) is 0.111. The largest absolute Gasteiger partial charge is 0.324 e. The first-order valence-electron chi connectivity index (χ1n) is 7.32. The van der Waals surface area contributed by atoms with E-state index < -0.39 is 0 Å². The van der Waals surface area contributed by atoms with Crippen LogP contribution in [0.5, 0.6) is 0 Å². The Morgan fingerprint density at radius 1 is 1.17 bits per heavy atom. The lowest BCUT2D eigenvalue weighted by Crippen LogP contribution is -2.15. The lowest BCUT2D eigenvalue weighted by Gasteiger charge is -2.08. The number of nitriles is 1. The van der Waals surface area contributed by atoms with Crippen molar-refractivity contribution >= 4 is 34.3 Å². The van der Waals surface area contributed by atoms with Crippen LogP contribution in [0.15, 0.2) is 53.6 Å². The molecule has 0 radical (unpaired) electrons. The summed E-state index contributed by atoms with van der Waals surface area (Å²) in [6, 6.07) is 16.7. The molecule has 0 atom stereocenters. The van der Waals surface area contributed by atoms with Gasteiger partial charge < -0.3 is 5.32 Å². The Hall–Kier alpha value is -2.91. The van der Waals surface area contributed by atoms with Crippen LogP contribution in [0.4, 0.5) is 5.69 Å². The van der Waals surface area contributed by atoms with Crippen LogP contribution >= 0.6 is 11.8 Å². The molecule has 2 aromatic carbocycles. The summed E-state index contributed by atoms with van der Waals surface area (Å²) < 4.78 is 0. The molecule has 1 aromatic heterocycles. The van der Waals surface area contributed by atoms with Gasteiger partial charge >= 0.3 is 0 Å². The van der Waals surface area contributed by atoms with Crippen LogP contribution in [0.3, 0.4) is 0 Å². The molecule has 1 N–H and O–H groups in total. The molecule has 1 heterocycles. The van der Waals surface area contributed by atoms with Gasteiger partial charge in [-0.15, -0.1) is 0 Å². The molecule has 1 amide bonds. The van der Waals surface area contributed by atoms with Gasteiger partial charge in [0.15, 0.2) is 0 Å². The number of rotatable bonds is 4. The Morgan fingerprint density at radius 3 is 2.75 bits per heavy atom. The Morgan fingerprint density at radius 2 is 1.92 bits per heavy atom. The summed E-state index contributed by atoms with van der Waals surface area (Å²) in [5.74, 6) is 0.703. The molecule has 24 heavy (non-hydrogen) atoms. The summed E-state index contributed by atoms with van der Waals surface area (Å²) in [4.78, 5) is 21.0. The highest BCUT2D eigenvalue weighted by Crippen LogP contribution is 2.25. The van der Waals surface area contributed by atoms with Crippen molar-refractivity contribution in [3.8, 4) is 6.07 Å². The Kier molecular flexibility index (Phi) is 4.73. The van der Waals surface area contributed by atoms with Crippen molar-refractivity contribution in [3.63, 3.8) is 0 Å². The molecule has 3 rings (SSSR count). The van der Waals surface area contributed by atoms with Crippen molar-refractivity contribution in [1.29, 1.82) is 5.26 Å². The zero-order valence-electron chi connectivity index (χ0n) is 13.0. The highest BCUT2D eigenvalue weighted by atomic mass is 32.2. The number of amides is 1. The number of carbonyl (C=O) groups excluding carboxylic acids is 1. The van der Waals surface area contributed by atoms with Gasteiger partial charge in [-0.05, 0) is 25.1 Å². The van der Waals surface area contributed by atoms with Crippen LogP contribution in [0, 0.1) is 18.3 Å². The van der Waals surface area contributed by atoms with Gasteiger partial charge in [-0.25, -0.2) is 9.97 Å². The molecule has 0 saturated carbocycles. The van der Waals surface area contributed by atoms with Crippen LogP contribution in [-0.2, 0) is 4.79 Å². The minimum atomic E-state index is -0.178. The SMILES string of the molecule is Cc1nc(SCC(=O)Nc2ccccc2C#N)c2ccccc2n1. The van der Waals surface area contributed by atoms with Gasteiger partial charge in [-0.1, -0.05) is 42.1 Å². The number of thioether (sulfide) groups is 1. The van der Waals surface area contributed by atoms with Crippen LogP contribution in [0.1, 0.15) is 11.4 Å². The van der Waals surface area contributed by atoms with Crippen LogP contribution < -0.4 is 5.32 Å². The molecule has 0 unspecified atom stereocenters. The fourth-order valence-corrected chi connectivity index (χ4v) is 3.14. The average Bonchev–Trinajstić information content (AvgIpc) is 2.60. The predicted molar refractivity (Wildman–Crippen MR) is 94.8 cm³/mol. The highest BCUT2D eigenvalue weighted by Gasteiger charge is 2.10. The summed E-state index contributed by atoms with van der Waals surface area (Å²) in [5.41, 5.74) is 1.83. The number of nitrogens with one attached hydrogen (secondary N) is 1. The minimum Gasteiger partial charge on any atom is -0.324 e. The standard InChI is InChI=1S/C18H14N4OS/c1-12-20-16-9-5-3-7-14(16)18(21-12)24-11-17(23)22-15-8-4-2-6-13(15)10-19/h2-9H,11H2,1H3,(H,22,23). The number of fused-ring (bicyclic) bond motifs is 1. The first-order valence-corrected chi connectivity index (χ1v) is 8.31. The van der Waals surface area contributed by atoms with E-state index in [2.05, 4.69) is 21.4 Å². The average molecular weight is 334 g/mol. The fourth-order valence-electron chi connectivity index (χ4n) is 2.28. The van der Waals surface area contributed by atoms with E-state index in [9.17, 15) is 4.79 Å². The van der Waals surface area contributed by atoms with Crippen molar-refractivity contribution in [2.45, 2.75) is 11.9 Å². The van der Waals surface area contributed by atoms with Crippen LogP contribution in [0.25, 0.3) is 10.9 Å². The van der Waals surface area contributed by atoms with E-state index in [0.717, 1.165) is 15.9 Å². The third-order valence-electron chi connectivity index (χ3n) is 3.34. The summed E-state index contributed by atoms with van der Waals surface area (Å²) >= 11 is 1.36. The van der Waals surface area contributed by atoms with Gasteiger partial charge in [0.05, 0.1) is 22.5 Å². The second-order valence-corrected chi connectivity index (χ2v) is 6.05. The van der Waals surface area contributed by atoms with Crippen LogP contribution in [0.2, 0.25) is 0 Å². The van der Waals surface area contributed by atoms with E-state index >= 15 is 0 Å². The molecule has 3 aromatic rings. The number of benzene rings is 2. The Bertz CT molecular complexity index is 949. The second kappa shape index (κ2) is 7.11. The number of nitrogens with zero attached hydrogens (tertiary/aromatic N) is 3. The molecular formula is C18H14N4OS. The van der Waals surface area contributed by atoms with Gasteiger partial charge in [-0.3, -0.25) is 4.79 Å². The van der Waals surface area contributed by atoms with E-state index in [1.807, 2.05) is 31.2 Å². The van der Waals surface area contributed by atoms with E-state index in [1.54, 1.807) is 24.3 Å². The van der Waals surface area contributed by atoms with Gasteiger partial charge in [-0.2, -0.15) is 5.26 Å². The third-order valence-corrected chi connectivity index (χ3v) is 4.33. The lowest BCUT2D eigenvalue weighted by molar-refractivity contribution is -0.113. The highest BCUT2D eigenvalue weighted by molar-refractivity contribution is 8.00. The maximum Gasteiger partial charge on any atom is 0.234 e. The Labute approximate surface area is 143 Å². The monoisotopic (exact) mass is 334 g/mol. The second-order valence-electron chi connectivity index (χ2n) is 5.09. The van der Waals surface area contributed by atoms with Crippen molar-refractivity contribution < 1.29 is 4.79 Å². The molecule has 6 heteroatoms. The smallest absolute Gasteiger partial charge is 0.234 e. The van der Waals surface area contributed by atoms with Crippen molar-refractivity contribution in [2.24, 2.45) is 0 Å². The molecule has 0 fully saturated rings. The summed E-state index contributed by atoms with van der Waals surface area (Å²) in [5, 5.41) is 13.5. The van der Waals surface area contributed by atoms with E-state index in [4.69, 9.17) is 5.26 Å². The molecule has 0 aliphatic carbocycles. The number of aromatic nitrogens is 2. The molecule has 0 spiro atoms. The number of para-hydroxylation sites is 2. The quantitative estimate of drug-likeness (QED) is 0.583. The summed E-state index contributed by atoms with van der Waals surface area (Å²) in [6.45, 7) is 1.83. The van der Waals surface area contributed by atoms with E-state index in [1.165, 1.54) is 11.8 Å². The minimum absolute atomic E-state index is 0.178. The van der Waals surface area contributed by atoms with Gasteiger partial charge in [0.1, 0.15) is 16.9 Å². The zero-order valence-corrected chi connectivity index (χ0v) is 13.8. The molecule has 0 bridgehead atoms. The molecule has 118 valence electrons. The van der Waals surface area contributed by atoms with Gasteiger partial charge in [0.2, 0.25) is 5.91 Å². The maximum absolute atomic E-state index is 12.2. The van der Waals surface area contributed by atoms with Crippen LogP contribution in [-0.4, -0.2) is 21.6 Å². The first kappa shape index (κ1) is 16.0.